The highest BCUT2D eigenvalue weighted by atomic mass is 19.1. The van der Waals surface area contributed by atoms with Gasteiger partial charge in [0.05, 0.1) is 13.7 Å². The van der Waals surface area contributed by atoms with Gasteiger partial charge >= 0.3 is 0 Å². The van der Waals surface area contributed by atoms with E-state index < -0.39 is 5.60 Å². The molecule has 0 bridgehead atoms. The first-order valence-corrected chi connectivity index (χ1v) is 12.2. The highest BCUT2D eigenvalue weighted by molar-refractivity contribution is 5.39. The van der Waals surface area contributed by atoms with Crippen LogP contribution < -0.4 is 9.47 Å². The summed E-state index contributed by atoms with van der Waals surface area (Å²) in [4.78, 5) is 2.41. The van der Waals surface area contributed by atoms with Crippen LogP contribution in [0.15, 0.2) is 72.8 Å². The molecule has 0 aliphatic carbocycles. The predicted octanol–water partition coefficient (Wildman–Crippen LogP) is 5.78. The molecular weight excluding hydrogens is 448 g/mol. The number of piperidine rings is 1. The Morgan fingerprint density at radius 2 is 1.51 bits per heavy atom. The van der Waals surface area contributed by atoms with Crippen LogP contribution in [0.3, 0.4) is 0 Å². The van der Waals surface area contributed by atoms with E-state index in [1.54, 1.807) is 31.4 Å². The topological polar surface area (TPSA) is 41.9 Å². The summed E-state index contributed by atoms with van der Waals surface area (Å²) >= 11 is 0. The van der Waals surface area contributed by atoms with E-state index in [2.05, 4.69) is 4.90 Å². The fraction of sp³-hybridized carbons (Fsp3) is 0.379. The fourth-order valence-electron chi connectivity index (χ4n) is 5.00. The van der Waals surface area contributed by atoms with Gasteiger partial charge in [-0.2, -0.15) is 0 Å². The molecule has 1 heterocycles. The van der Waals surface area contributed by atoms with Gasteiger partial charge in [-0.1, -0.05) is 36.4 Å². The molecule has 186 valence electrons. The minimum Gasteiger partial charge on any atom is -0.493 e. The number of methoxy groups -OCH3 is 1. The predicted molar refractivity (Wildman–Crippen MR) is 133 cm³/mol. The molecule has 1 fully saturated rings. The third kappa shape index (κ3) is 6.38. The Hall–Kier alpha value is -2.96. The molecular formula is C29H33F2NO3. The van der Waals surface area contributed by atoms with Crippen molar-refractivity contribution in [3.63, 3.8) is 0 Å². The minimum atomic E-state index is -1.32. The molecule has 1 aliphatic heterocycles. The lowest BCUT2D eigenvalue weighted by Gasteiger charge is -2.38. The summed E-state index contributed by atoms with van der Waals surface area (Å²) in [5, 5.41) is 11.9. The second kappa shape index (κ2) is 11.6. The number of halogens is 2. The number of hydrogen-bond acceptors (Lipinski definition) is 4. The quantitative estimate of drug-likeness (QED) is 0.373. The highest BCUT2D eigenvalue weighted by Gasteiger charge is 2.36. The van der Waals surface area contributed by atoms with E-state index in [1.165, 1.54) is 24.3 Å². The van der Waals surface area contributed by atoms with Gasteiger partial charge in [-0.3, -0.25) is 0 Å². The van der Waals surface area contributed by atoms with Crippen LogP contribution in [0.25, 0.3) is 0 Å². The largest absolute Gasteiger partial charge is 0.493 e. The summed E-state index contributed by atoms with van der Waals surface area (Å²) in [6, 6.07) is 19.5. The van der Waals surface area contributed by atoms with Gasteiger partial charge < -0.3 is 19.5 Å². The molecule has 3 aromatic rings. The van der Waals surface area contributed by atoms with Crippen LogP contribution in [0.4, 0.5) is 8.78 Å². The van der Waals surface area contributed by atoms with Crippen molar-refractivity contribution in [2.45, 2.75) is 31.3 Å². The lowest BCUT2D eigenvalue weighted by atomic mass is 9.77. The van der Waals surface area contributed by atoms with Crippen LogP contribution in [0.5, 0.6) is 11.5 Å². The Labute approximate surface area is 206 Å². The summed E-state index contributed by atoms with van der Waals surface area (Å²) in [6.07, 6.45) is 3.41. The first-order chi connectivity index (χ1) is 17.0. The van der Waals surface area contributed by atoms with E-state index in [9.17, 15) is 13.9 Å². The number of aliphatic hydroxyl groups is 1. The Kier molecular flexibility index (Phi) is 8.37. The van der Waals surface area contributed by atoms with Crippen molar-refractivity contribution in [1.82, 2.24) is 4.90 Å². The highest BCUT2D eigenvalue weighted by Crippen LogP contribution is 2.38. The second-order valence-electron chi connectivity index (χ2n) is 9.24. The zero-order valence-electron chi connectivity index (χ0n) is 20.1. The van der Waals surface area contributed by atoms with Crippen LogP contribution >= 0.6 is 0 Å². The lowest BCUT2D eigenvalue weighted by molar-refractivity contribution is 0.0326. The van der Waals surface area contributed by atoms with Gasteiger partial charge in [0.25, 0.3) is 0 Å². The zero-order chi connectivity index (χ0) is 24.7. The van der Waals surface area contributed by atoms with Gasteiger partial charge in [-0.15, -0.1) is 0 Å². The molecule has 3 aromatic carbocycles. The third-order valence-electron chi connectivity index (χ3n) is 6.78. The summed E-state index contributed by atoms with van der Waals surface area (Å²) in [5.41, 5.74) is -0.0807. The zero-order valence-corrected chi connectivity index (χ0v) is 20.1. The number of benzene rings is 3. The van der Waals surface area contributed by atoms with Crippen molar-refractivity contribution >= 4 is 0 Å². The molecule has 0 aromatic heterocycles. The summed E-state index contributed by atoms with van der Waals surface area (Å²) in [7, 11) is 1.63. The number of hydrogen-bond donors (Lipinski definition) is 1. The monoisotopic (exact) mass is 481 g/mol. The Morgan fingerprint density at radius 1 is 0.914 bits per heavy atom. The van der Waals surface area contributed by atoms with Gasteiger partial charge in [0, 0.05) is 13.1 Å². The minimum absolute atomic E-state index is 0.249. The van der Waals surface area contributed by atoms with Crippen molar-refractivity contribution in [2.75, 3.05) is 33.4 Å². The van der Waals surface area contributed by atoms with Crippen molar-refractivity contribution in [1.29, 1.82) is 0 Å². The van der Waals surface area contributed by atoms with Gasteiger partial charge in [0.2, 0.25) is 0 Å². The van der Waals surface area contributed by atoms with Crippen LogP contribution in [-0.4, -0.2) is 43.4 Å². The number of nitrogens with zero attached hydrogens (tertiary/aromatic N) is 1. The second-order valence-corrected chi connectivity index (χ2v) is 9.24. The van der Waals surface area contributed by atoms with Crippen molar-refractivity contribution in [2.24, 2.45) is 5.92 Å². The van der Waals surface area contributed by atoms with E-state index in [4.69, 9.17) is 9.47 Å². The van der Waals surface area contributed by atoms with E-state index >= 15 is 0 Å². The Morgan fingerprint density at radius 3 is 2.11 bits per heavy atom. The van der Waals surface area contributed by atoms with E-state index in [0.717, 1.165) is 50.4 Å². The van der Waals surface area contributed by atoms with Crippen LogP contribution in [0, 0.1) is 17.6 Å². The number of rotatable bonds is 10. The van der Waals surface area contributed by atoms with Crippen molar-refractivity contribution < 1.29 is 23.4 Å². The maximum atomic E-state index is 13.6. The molecule has 0 radical (unpaired) electrons. The molecule has 1 atom stereocenters. The molecule has 1 unspecified atom stereocenters. The first-order valence-electron chi connectivity index (χ1n) is 12.2. The SMILES string of the molecule is COc1ccccc1OCCCN1CCCC(CC(O)(c2ccc(F)cc2)c2ccc(F)cc2)C1. The van der Waals surface area contributed by atoms with Gasteiger partial charge in [-0.25, -0.2) is 8.78 Å². The fourth-order valence-corrected chi connectivity index (χ4v) is 5.00. The molecule has 6 heteroatoms. The molecule has 0 saturated carbocycles. The number of para-hydroxylation sites is 2. The molecule has 1 N–H and O–H groups in total. The molecule has 1 saturated heterocycles. The van der Waals surface area contributed by atoms with E-state index in [0.29, 0.717) is 24.2 Å². The van der Waals surface area contributed by atoms with Crippen LogP contribution in [0.1, 0.15) is 36.8 Å². The van der Waals surface area contributed by atoms with Crippen molar-refractivity contribution in [3.05, 3.63) is 95.6 Å². The summed E-state index contributed by atoms with van der Waals surface area (Å²) < 4.78 is 38.4. The summed E-state index contributed by atoms with van der Waals surface area (Å²) in [5.74, 6) is 1.02. The number of ether oxygens (including phenoxy) is 2. The molecule has 35 heavy (non-hydrogen) atoms. The van der Waals surface area contributed by atoms with Gasteiger partial charge in [-0.05, 0) is 85.7 Å². The van der Waals surface area contributed by atoms with Crippen LogP contribution in [0.2, 0.25) is 0 Å². The van der Waals surface area contributed by atoms with Gasteiger partial charge in [0.15, 0.2) is 11.5 Å². The molecule has 0 spiro atoms. The molecule has 1 aliphatic rings. The first kappa shape index (κ1) is 25.1. The van der Waals surface area contributed by atoms with E-state index in [1.807, 2.05) is 24.3 Å². The smallest absolute Gasteiger partial charge is 0.161 e. The average Bonchev–Trinajstić information content (AvgIpc) is 2.88. The maximum absolute atomic E-state index is 13.6. The Bertz CT molecular complexity index is 1030. The maximum Gasteiger partial charge on any atom is 0.161 e. The third-order valence-corrected chi connectivity index (χ3v) is 6.78. The summed E-state index contributed by atoms with van der Waals surface area (Å²) in [6.45, 7) is 3.36. The molecule has 4 nitrogen and oxygen atoms in total. The lowest BCUT2D eigenvalue weighted by Crippen LogP contribution is -2.40. The Balaban J connectivity index is 1.38. The normalized spacial score (nSPS) is 16.7. The number of likely N-dealkylation sites (tertiary alicyclic amines) is 1. The average molecular weight is 482 g/mol. The molecule has 0 amide bonds. The van der Waals surface area contributed by atoms with E-state index in [-0.39, 0.29) is 17.6 Å². The molecule has 4 rings (SSSR count). The van der Waals surface area contributed by atoms with Crippen molar-refractivity contribution in [3.8, 4) is 11.5 Å². The standard InChI is InChI=1S/C29H33F2NO3/c1-34-27-7-2-3-8-28(27)35-19-5-18-32-17-4-6-22(21-32)20-29(33,23-9-13-25(30)14-10-23)24-11-15-26(31)16-12-24/h2-3,7-16,22,33H,4-6,17-21H2,1H3. The van der Waals surface area contributed by atoms with Gasteiger partial charge in [0.1, 0.15) is 17.2 Å². The van der Waals surface area contributed by atoms with Crippen LogP contribution in [-0.2, 0) is 5.60 Å².